The molecule has 3 aromatic carbocycles. The summed E-state index contributed by atoms with van der Waals surface area (Å²) >= 11 is 6.80. The van der Waals surface area contributed by atoms with Gasteiger partial charge in [-0.25, -0.2) is 0 Å². The Labute approximate surface area is 325 Å². The number of rotatable bonds is 17. The van der Waals surface area contributed by atoms with Crippen LogP contribution in [0.25, 0.3) is 11.1 Å². The van der Waals surface area contributed by atoms with Crippen molar-refractivity contribution in [1.29, 1.82) is 5.26 Å². The van der Waals surface area contributed by atoms with E-state index in [4.69, 9.17) is 25.8 Å². The molecule has 0 radical (unpaired) electrons. The Kier molecular flexibility index (Phi) is 13.5. The second kappa shape index (κ2) is 18.6. The monoisotopic (exact) mass is 749 g/mol. The maximum atomic E-state index is 11.2. The quantitative estimate of drug-likeness (QED) is 0.104. The van der Waals surface area contributed by atoms with Crippen LogP contribution in [0.15, 0.2) is 73.1 Å². The highest BCUT2D eigenvalue weighted by molar-refractivity contribution is 6.32. The first-order chi connectivity index (χ1) is 26.2. The van der Waals surface area contributed by atoms with E-state index in [-0.39, 0.29) is 11.8 Å². The molecule has 2 fully saturated rings. The average Bonchev–Trinajstić information content (AvgIpc) is 3.16. The fourth-order valence-corrected chi connectivity index (χ4v) is 7.95. The number of pyridine rings is 1. The summed E-state index contributed by atoms with van der Waals surface area (Å²) in [4.78, 5) is 18.0. The number of nitrogens with one attached hydrogen (secondary N) is 2. The number of nitrogens with zero attached hydrogens (tertiary/aromatic N) is 3. The van der Waals surface area contributed by atoms with Gasteiger partial charge in [-0.3, -0.25) is 9.78 Å². The van der Waals surface area contributed by atoms with Crippen LogP contribution in [0.3, 0.4) is 0 Å². The van der Waals surface area contributed by atoms with E-state index in [1.165, 1.54) is 19.8 Å². The minimum Gasteiger partial charge on any atom is -0.493 e. The van der Waals surface area contributed by atoms with Crippen LogP contribution >= 0.6 is 11.6 Å². The zero-order valence-corrected chi connectivity index (χ0v) is 32.5. The van der Waals surface area contributed by atoms with Crippen molar-refractivity contribution in [2.75, 3.05) is 39.3 Å². The summed E-state index contributed by atoms with van der Waals surface area (Å²) in [6, 6.07) is 22.6. The summed E-state index contributed by atoms with van der Waals surface area (Å²) in [7, 11) is 0. The largest absolute Gasteiger partial charge is 0.493 e. The van der Waals surface area contributed by atoms with Gasteiger partial charge in [0.15, 0.2) is 0 Å². The summed E-state index contributed by atoms with van der Waals surface area (Å²) in [6.07, 6.45) is 9.14. The van der Waals surface area contributed by atoms with Crippen LogP contribution in [0.4, 0.5) is 0 Å². The van der Waals surface area contributed by atoms with Crippen molar-refractivity contribution in [3.63, 3.8) is 0 Å². The van der Waals surface area contributed by atoms with E-state index in [1.54, 1.807) is 12.4 Å². The maximum Gasteiger partial charge on any atom is 0.216 e. The SMILES string of the molecule is CC(=O)NCCNCc1cc(Cl)c(OCc2cccc(-c3cccc(OCCCN4CCC5(CC4)CC(C#N)C5)c3C)c2C)cc1OCc1cccnc1. The molecular weight excluding hydrogens is 698 g/mol. The third-order valence-corrected chi connectivity index (χ3v) is 11.3. The predicted octanol–water partition coefficient (Wildman–Crippen LogP) is 8.19. The zero-order valence-electron chi connectivity index (χ0n) is 31.8. The van der Waals surface area contributed by atoms with Crippen LogP contribution in [-0.4, -0.2) is 55.1 Å². The normalized spacial score (nSPS) is 15.3. The van der Waals surface area contributed by atoms with Gasteiger partial charge < -0.3 is 29.7 Å². The van der Waals surface area contributed by atoms with Crippen molar-refractivity contribution in [1.82, 2.24) is 20.5 Å². The van der Waals surface area contributed by atoms with Gasteiger partial charge in [0.05, 0.1) is 17.7 Å². The molecule has 1 saturated carbocycles. The van der Waals surface area contributed by atoms with E-state index in [2.05, 4.69) is 76.8 Å². The van der Waals surface area contributed by atoms with Crippen molar-refractivity contribution in [2.24, 2.45) is 11.3 Å². The Morgan fingerprint density at radius 2 is 1.69 bits per heavy atom. The van der Waals surface area contributed by atoms with Crippen molar-refractivity contribution in [2.45, 2.75) is 72.6 Å². The molecule has 1 saturated heterocycles. The molecule has 54 heavy (non-hydrogen) atoms. The number of halogens is 1. The minimum atomic E-state index is -0.0609. The number of carbonyl (C=O) groups is 1. The molecule has 2 N–H and O–H groups in total. The highest BCUT2D eigenvalue weighted by Crippen LogP contribution is 2.52. The lowest BCUT2D eigenvalue weighted by Crippen LogP contribution is -2.47. The van der Waals surface area contributed by atoms with Gasteiger partial charge in [-0.05, 0) is 110 Å². The van der Waals surface area contributed by atoms with Crippen molar-refractivity contribution >= 4 is 17.5 Å². The zero-order chi connectivity index (χ0) is 37.9. The highest BCUT2D eigenvalue weighted by atomic mass is 35.5. The molecule has 9 nitrogen and oxygen atoms in total. The molecule has 1 aliphatic heterocycles. The molecule has 284 valence electrons. The first kappa shape index (κ1) is 39.1. The number of hydrogen-bond donors (Lipinski definition) is 2. The van der Waals surface area contributed by atoms with Gasteiger partial charge in [0, 0.05) is 68.6 Å². The molecule has 2 heterocycles. The molecule has 2 aliphatic rings. The van der Waals surface area contributed by atoms with Gasteiger partial charge in [-0.2, -0.15) is 5.26 Å². The second-order valence-electron chi connectivity index (χ2n) is 14.8. The van der Waals surface area contributed by atoms with Crippen molar-refractivity contribution in [3.05, 3.63) is 106 Å². The minimum absolute atomic E-state index is 0.0609. The van der Waals surface area contributed by atoms with Gasteiger partial charge in [-0.1, -0.05) is 48.0 Å². The fourth-order valence-electron chi connectivity index (χ4n) is 7.71. The molecule has 4 aromatic rings. The first-order valence-corrected chi connectivity index (χ1v) is 19.5. The van der Waals surface area contributed by atoms with E-state index in [0.717, 1.165) is 83.6 Å². The number of amides is 1. The number of carbonyl (C=O) groups excluding carboxylic acids is 1. The highest BCUT2D eigenvalue weighted by Gasteiger charge is 2.45. The molecule has 0 bridgehead atoms. The molecule has 1 amide bonds. The molecule has 1 aliphatic carbocycles. The van der Waals surface area contributed by atoms with Crippen LogP contribution in [0, 0.1) is 36.5 Å². The topological polar surface area (TPSA) is 109 Å². The van der Waals surface area contributed by atoms with E-state index in [1.807, 2.05) is 24.3 Å². The van der Waals surface area contributed by atoms with E-state index in [0.29, 0.717) is 61.4 Å². The Hall–Kier alpha value is -4.62. The molecule has 0 atom stereocenters. The van der Waals surface area contributed by atoms with Gasteiger partial charge in [0.1, 0.15) is 30.5 Å². The average molecular weight is 750 g/mol. The number of nitriles is 1. The molecular formula is C44H52ClN5O4. The summed E-state index contributed by atoms with van der Waals surface area (Å²) in [5.41, 5.74) is 7.88. The van der Waals surface area contributed by atoms with Crippen LogP contribution in [0.2, 0.25) is 5.02 Å². The third kappa shape index (κ3) is 10.1. The second-order valence-corrected chi connectivity index (χ2v) is 15.2. The Morgan fingerprint density at radius 3 is 2.43 bits per heavy atom. The summed E-state index contributed by atoms with van der Waals surface area (Å²) < 4.78 is 19.0. The summed E-state index contributed by atoms with van der Waals surface area (Å²) in [6.45, 7) is 12.1. The predicted molar refractivity (Wildman–Crippen MR) is 213 cm³/mol. The van der Waals surface area contributed by atoms with Crippen LogP contribution in [0.1, 0.15) is 66.8 Å². The Bertz CT molecular complexity index is 1910. The lowest BCUT2D eigenvalue weighted by molar-refractivity contribution is -0.118. The lowest BCUT2D eigenvalue weighted by atomic mass is 9.58. The number of benzene rings is 3. The summed E-state index contributed by atoms with van der Waals surface area (Å²) in [5, 5.41) is 15.8. The molecule has 0 unspecified atom stereocenters. The van der Waals surface area contributed by atoms with Gasteiger partial charge in [0.2, 0.25) is 5.91 Å². The van der Waals surface area contributed by atoms with Gasteiger partial charge in [-0.15, -0.1) is 0 Å². The number of piperidine rings is 1. The van der Waals surface area contributed by atoms with E-state index >= 15 is 0 Å². The van der Waals surface area contributed by atoms with Gasteiger partial charge >= 0.3 is 0 Å². The number of likely N-dealkylation sites (tertiary alicyclic amines) is 1. The maximum absolute atomic E-state index is 11.2. The number of aromatic nitrogens is 1. The molecule has 10 heteroatoms. The summed E-state index contributed by atoms with van der Waals surface area (Å²) in [5.74, 6) is 2.34. The van der Waals surface area contributed by atoms with Gasteiger partial charge in [0.25, 0.3) is 0 Å². The smallest absolute Gasteiger partial charge is 0.216 e. The third-order valence-electron chi connectivity index (χ3n) is 11.0. The Morgan fingerprint density at radius 1 is 0.926 bits per heavy atom. The fraction of sp³-hybridized carbons (Fsp3) is 0.432. The van der Waals surface area contributed by atoms with E-state index in [9.17, 15) is 10.1 Å². The molecule has 1 spiro atoms. The van der Waals surface area contributed by atoms with Crippen molar-refractivity contribution < 1.29 is 19.0 Å². The standard InChI is InChI=1S/C44H52ClN5O4/c1-31-36(30-54-43-23-42(53-29-34-8-6-15-47-27-34)37(22-40(43)45)28-48-16-17-49-33(3)51)9-4-10-38(31)39-11-5-12-41(32(39)2)52-21-7-18-50-19-13-44(14-20-50)24-35(25-44)26-46/h4-6,8-12,15,22-23,27,35,48H,7,13-14,16-21,24-25,28-30H2,1-3H3,(H,49,51). The van der Waals surface area contributed by atoms with Crippen LogP contribution < -0.4 is 24.8 Å². The lowest BCUT2D eigenvalue weighted by Gasteiger charge is -2.50. The number of ether oxygens (including phenoxy) is 3. The molecule has 1 aromatic heterocycles. The van der Waals surface area contributed by atoms with E-state index < -0.39 is 0 Å². The number of hydrogen-bond acceptors (Lipinski definition) is 8. The van der Waals surface area contributed by atoms with Crippen LogP contribution in [-0.2, 0) is 24.6 Å². The first-order valence-electron chi connectivity index (χ1n) is 19.1. The van der Waals surface area contributed by atoms with Crippen LogP contribution in [0.5, 0.6) is 17.2 Å². The molecule has 6 rings (SSSR count). The van der Waals surface area contributed by atoms with Crippen molar-refractivity contribution in [3.8, 4) is 34.4 Å². The Balaban J connectivity index is 1.07.